The van der Waals surface area contributed by atoms with Gasteiger partial charge in [-0.25, -0.2) is 0 Å². The van der Waals surface area contributed by atoms with Crippen LogP contribution in [0.4, 0.5) is 0 Å². The molecule has 1 rings (SSSR count). The highest BCUT2D eigenvalue weighted by Crippen LogP contribution is 2.12. The molecule has 1 aromatic carbocycles. The molecule has 0 radical (unpaired) electrons. The Morgan fingerprint density at radius 1 is 1.17 bits per heavy atom. The van der Waals surface area contributed by atoms with E-state index in [-0.39, 0.29) is 18.0 Å². The fourth-order valence-electron chi connectivity index (χ4n) is 1.77. The van der Waals surface area contributed by atoms with Gasteiger partial charge in [-0.15, -0.1) is 0 Å². The first-order valence-electron chi connectivity index (χ1n) is 6.58. The van der Waals surface area contributed by atoms with Gasteiger partial charge in [0.1, 0.15) is 0 Å². The average molecular weight is 248 g/mol. The summed E-state index contributed by atoms with van der Waals surface area (Å²) >= 11 is 0. The van der Waals surface area contributed by atoms with Crippen LogP contribution in [-0.4, -0.2) is 18.5 Å². The van der Waals surface area contributed by atoms with Crippen LogP contribution in [0.15, 0.2) is 24.3 Å². The Bertz CT molecular complexity index is 371. The van der Waals surface area contributed by atoms with Gasteiger partial charge in [-0.1, -0.05) is 29.8 Å². The molecule has 0 aromatic heterocycles. The number of hydrogen-bond donors (Lipinski definition) is 2. The summed E-state index contributed by atoms with van der Waals surface area (Å²) in [5.74, 6) is 0.105. The number of aryl methyl sites for hydroxylation is 1. The van der Waals surface area contributed by atoms with Gasteiger partial charge in [-0.3, -0.25) is 4.79 Å². The van der Waals surface area contributed by atoms with Gasteiger partial charge in [0, 0.05) is 25.0 Å². The third-order valence-corrected chi connectivity index (χ3v) is 2.83. The first kappa shape index (κ1) is 14.7. The van der Waals surface area contributed by atoms with Gasteiger partial charge in [0.25, 0.3) is 0 Å². The molecular formula is C15H24N2O. The Morgan fingerprint density at radius 3 is 2.33 bits per heavy atom. The lowest BCUT2D eigenvalue weighted by Crippen LogP contribution is -2.33. The highest BCUT2D eigenvalue weighted by molar-refractivity contribution is 5.76. The van der Waals surface area contributed by atoms with E-state index in [2.05, 4.69) is 48.7 Å². The molecule has 0 aliphatic heterocycles. The van der Waals surface area contributed by atoms with Crippen LogP contribution in [0.5, 0.6) is 0 Å². The second-order valence-electron chi connectivity index (χ2n) is 5.06. The van der Waals surface area contributed by atoms with E-state index in [1.54, 1.807) is 0 Å². The number of benzene rings is 1. The van der Waals surface area contributed by atoms with E-state index < -0.39 is 0 Å². The molecule has 2 N–H and O–H groups in total. The molecule has 1 aromatic rings. The molecule has 0 saturated heterocycles. The molecule has 3 heteroatoms. The Hall–Kier alpha value is -1.35. The zero-order valence-corrected chi connectivity index (χ0v) is 11.8. The van der Waals surface area contributed by atoms with Crippen molar-refractivity contribution in [3.63, 3.8) is 0 Å². The summed E-state index contributed by atoms with van der Waals surface area (Å²) in [6, 6.07) is 8.96. The van der Waals surface area contributed by atoms with Crippen LogP contribution in [0.2, 0.25) is 0 Å². The number of amides is 1. The third kappa shape index (κ3) is 5.32. The van der Waals surface area contributed by atoms with E-state index in [1.807, 2.05) is 13.8 Å². The Balaban J connectivity index is 2.31. The van der Waals surface area contributed by atoms with Crippen molar-refractivity contribution in [1.29, 1.82) is 0 Å². The van der Waals surface area contributed by atoms with Gasteiger partial charge in [-0.05, 0) is 33.3 Å². The number of carbonyl (C=O) groups is 1. The maximum atomic E-state index is 11.5. The predicted molar refractivity (Wildman–Crippen MR) is 75.5 cm³/mol. The van der Waals surface area contributed by atoms with Gasteiger partial charge >= 0.3 is 0 Å². The minimum Gasteiger partial charge on any atom is -0.354 e. The fraction of sp³-hybridized carbons (Fsp3) is 0.533. The number of nitrogens with one attached hydrogen (secondary N) is 2. The van der Waals surface area contributed by atoms with Gasteiger partial charge in [-0.2, -0.15) is 0 Å². The summed E-state index contributed by atoms with van der Waals surface area (Å²) in [4.78, 5) is 11.5. The highest BCUT2D eigenvalue weighted by Gasteiger charge is 2.06. The summed E-state index contributed by atoms with van der Waals surface area (Å²) in [5.41, 5.74) is 2.52. The van der Waals surface area contributed by atoms with E-state index >= 15 is 0 Å². The zero-order valence-electron chi connectivity index (χ0n) is 11.8. The van der Waals surface area contributed by atoms with E-state index in [0.717, 1.165) is 0 Å². The van der Waals surface area contributed by atoms with E-state index in [4.69, 9.17) is 0 Å². The normalized spacial score (nSPS) is 12.5. The van der Waals surface area contributed by atoms with Crippen molar-refractivity contribution in [2.75, 3.05) is 6.54 Å². The van der Waals surface area contributed by atoms with Crippen molar-refractivity contribution < 1.29 is 4.79 Å². The smallest absolute Gasteiger partial charge is 0.221 e. The van der Waals surface area contributed by atoms with E-state index in [0.29, 0.717) is 13.0 Å². The first-order valence-corrected chi connectivity index (χ1v) is 6.58. The molecule has 0 heterocycles. The zero-order chi connectivity index (χ0) is 13.5. The molecule has 0 aliphatic carbocycles. The minimum absolute atomic E-state index is 0.105. The van der Waals surface area contributed by atoms with Gasteiger partial charge in [0.15, 0.2) is 0 Å². The molecular weight excluding hydrogens is 224 g/mol. The molecule has 0 spiro atoms. The molecule has 100 valence electrons. The predicted octanol–water partition coefficient (Wildman–Crippen LogP) is 2.56. The molecule has 0 bridgehead atoms. The molecule has 1 atom stereocenters. The van der Waals surface area contributed by atoms with Crippen LogP contribution in [-0.2, 0) is 4.79 Å². The minimum atomic E-state index is 0.105. The number of rotatable bonds is 6. The lowest BCUT2D eigenvalue weighted by molar-refractivity contribution is -0.121. The Morgan fingerprint density at radius 2 is 1.78 bits per heavy atom. The SMILES string of the molecule is Cc1ccc([C@@H](C)NCCC(=O)NC(C)C)cc1. The topological polar surface area (TPSA) is 41.1 Å². The third-order valence-electron chi connectivity index (χ3n) is 2.83. The second-order valence-corrected chi connectivity index (χ2v) is 5.06. The maximum absolute atomic E-state index is 11.5. The van der Waals surface area contributed by atoms with Crippen LogP contribution < -0.4 is 10.6 Å². The van der Waals surface area contributed by atoms with Crippen molar-refractivity contribution >= 4 is 5.91 Å². The molecule has 18 heavy (non-hydrogen) atoms. The number of carbonyl (C=O) groups excluding carboxylic acids is 1. The standard InChI is InChI=1S/C15H24N2O/c1-11(2)17-15(18)9-10-16-13(4)14-7-5-12(3)6-8-14/h5-8,11,13,16H,9-10H2,1-4H3,(H,17,18)/t13-/m1/s1. The Kier molecular flexibility index (Phi) is 5.86. The maximum Gasteiger partial charge on any atom is 0.221 e. The van der Waals surface area contributed by atoms with Crippen LogP contribution in [0.25, 0.3) is 0 Å². The van der Waals surface area contributed by atoms with Crippen molar-refractivity contribution in [1.82, 2.24) is 10.6 Å². The van der Waals surface area contributed by atoms with Crippen molar-refractivity contribution in [2.45, 2.75) is 46.2 Å². The van der Waals surface area contributed by atoms with Crippen LogP contribution in [0, 0.1) is 6.92 Å². The van der Waals surface area contributed by atoms with Crippen LogP contribution >= 0.6 is 0 Å². The lowest BCUT2D eigenvalue weighted by Gasteiger charge is -2.15. The summed E-state index contributed by atoms with van der Waals surface area (Å²) in [7, 11) is 0. The molecule has 0 saturated carbocycles. The lowest BCUT2D eigenvalue weighted by atomic mass is 10.1. The average Bonchev–Trinajstić information content (AvgIpc) is 2.28. The molecule has 0 aliphatic rings. The molecule has 1 amide bonds. The molecule has 0 fully saturated rings. The Labute approximate surface area is 110 Å². The quantitative estimate of drug-likeness (QED) is 0.812. The van der Waals surface area contributed by atoms with Crippen molar-refractivity contribution in [3.8, 4) is 0 Å². The first-order chi connectivity index (χ1) is 8.49. The van der Waals surface area contributed by atoms with Crippen LogP contribution in [0.1, 0.15) is 44.4 Å². The van der Waals surface area contributed by atoms with Crippen molar-refractivity contribution in [2.24, 2.45) is 0 Å². The highest BCUT2D eigenvalue weighted by atomic mass is 16.1. The number of hydrogen-bond acceptors (Lipinski definition) is 2. The summed E-state index contributed by atoms with van der Waals surface area (Å²) in [6.45, 7) is 8.84. The summed E-state index contributed by atoms with van der Waals surface area (Å²) < 4.78 is 0. The summed E-state index contributed by atoms with van der Waals surface area (Å²) in [5, 5.41) is 6.25. The largest absolute Gasteiger partial charge is 0.354 e. The summed E-state index contributed by atoms with van der Waals surface area (Å²) in [6.07, 6.45) is 0.522. The van der Waals surface area contributed by atoms with Gasteiger partial charge < -0.3 is 10.6 Å². The molecule has 3 nitrogen and oxygen atoms in total. The van der Waals surface area contributed by atoms with Crippen LogP contribution in [0.3, 0.4) is 0 Å². The van der Waals surface area contributed by atoms with Gasteiger partial charge in [0.2, 0.25) is 5.91 Å². The van der Waals surface area contributed by atoms with E-state index in [9.17, 15) is 4.79 Å². The van der Waals surface area contributed by atoms with Gasteiger partial charge in [0.05, 0.1) is 0 Å². The van der Waals surface area contributed by atoms with E-state index in [1.165, 1.54) is 11.1 Å². The fourth-order valence-corrected chi connectivity index (χ4v) is 1.77. The molecule has 0 unspecified atom stereocenters. The van der Waals surface area contributed by atoms with Crippen molar-refractivity contribution in [3.05, 3.63) is 35.4 Å². The second kappa shape index (κ2) is 7.17. The monoisotopic (exact) mass is 248 g/mol.